The van der Waals surface area contributed by atoms with Crippen LogP contribution in [0.4, 0.5) is 0 Å². The average Bonchev–Trinajstić information content (AvgIpc) is 2.34. The minimum Gasteiger partial charge on any atom is -0.356 e. The van der Waals surface area contributed by atoms with Crippen molar-refractivity contribution in [3.05, 3.63) is 46.0 Å². The van der Waals surface area contributed by atoms with E-state index in [2.05, 4.69) is 5.32 Å². The lowest BCUT2D eigenvalue weighted by Gasteiger charge is -2.04. The number of halogens is 2. The van der Waals surface area contributed by atoms with Crippen LogP contribution in [0.25, 0.3) is 0 Å². The minimum atomic E-state index is -0.0899. The van der Waals surface area contributed by atoms with E-state index in [9.17, 15) is 9.59 Å². The third-order valence-corrected chi connectivity index (χ3v) is 2.94. The zero-order valence-electron chi connectivity index (χ0n) is 9.66. The standard InChI is InChI=1S/C13H13Cl2NO2/c14-11-5-4-10(8-12(11)15)9-13(18)16-6-2-1-3-7-17/h1,3-5,7-8H,2,6,9H2,(H,16,18)/b3-1+. The fourth-order valence-corrected chi connectivity index (χ4v) is 1.66. The number of benzene rings is 1. The van der Waals surface area contributed by atoms with Gasteiger partial charge in [0.2, 0.25) is 5.91 Å². The van der Waals surface area contributed by atoms with E-state index in [1.165, 1.54) is 6.08 Å². The van der Waals surface area contributed by atoms with Gasteiger partial charge < -0.3 is 5.32 Å². The molecular formula is C13H13Cl2NO2. The van der Waals surface area contributed by atoms with Crippen LogP contribution in [0, 0.1) is 0 Å². The molecule has 1 amide bonds. The normalized spacial score (nSPS) is 10.6. The Hall–Kier alpha value is -1.32. The van der Waals surface area contributed by atoms with Gasteiger partial charge in [0.1, 0.15) is 6.29 Å². The second kappa shape index (κ2) is 7.90. The Labute approximate surface area is 116 Å². The molecule has 1 aromatic rings. The van der Waals surface area contributed by atoms with E-state index < -0.39 is 0 Å². The Balaban J connectivity index is 2.37. The lowest BCUT2D eigenvalue weighted by Crippen LogP contribution is -2.25. The van der Waals surface area contributed by atoms with Crippen molar-refractivity contribution in [1.29, 1.82) is 0 Å². The molecular weight excluding hydrogens is 273 g/mol. The first-order valence-corrected chi connectivity index (χ1v) is 6.20. The van der Waals surface area contributed by atoms with Crippen LogP contribution in [-0.4, -0.2) is 18.7 Å². The number of rotatable bonds is 6. The van der Waals surface area contributed by atoms with Crippen molar-refractivity contribution in [2.24, 2.45) is 0 Å². The van der Waals surface area contributed by atoms with Gasteiger partial charge in [0.05, 0.1) is 16.5 Å². The van der Waals surface area contributed by atoms with Crippen LogP contribution in [0.5, 0.6) is 0 Å². The Morgan fingerprint density at radius 3 is 2.72 bits per heavy atom. The predicted molar refractivity (Wildman–Crippen MR) is 73.0 cm³/mol. The first-order valence-electron chi connectivity index (χ1n) is 5.44. The second-order valence-corrected chi connectivity index (χ2v) is 4.44. The lowest BCUT2D eigenvalue weighted by atomic mass is 10.1. The summed E-state index contributed by atoms with van der Waals surface area (Å²) in [5.41, 5.74) is 0.810. The highest BCUT2D eigenvalue weighted by molar-refractivity contribution is 6.42. The van der Waals surface area contributed by atoms with Gasteiger partial charge in [0, 0.05) is 6.54 Å². The summed E-state index contributed by atoms with van der Waals surface area (Å²) in [5, 5.41) is 3.65. The minimum absolute atomic E-state index is 0.0899. The molecule has 0 aromatic heterocycles. The zero-order chi connectivity index (χ0) is 13.4. The predicted octanol–water partition coefficient (Wildman–Crippen LogP) is 2.80. The molecule has 0 aliphatic heterocycles. The molecule has 0 spiro atoms. The molecule has 0 bridgehead atoms. The molecule has 0 atom stereocenters. The van der Waals surface area contributed by atoms with E-state index >= 15 is 0 Å². The third-order valence-electron chi connectivity index (χ3n) is 2.20. The van der Waals surface area contributed by atoms with Crippen LogP contribution in [-0.2, 0) is 16.0 Å². The number of nitrogens with one attached hydrogen (secondary N) is 1. The lowest BCUT2D eigenvalue weighted by molar-refractivity contribution is -0.120. The number of carbonyl (C=O) groups is 2. The van der Waals surface area contributed by atoms with Gasteiger partial charge in [0.25, 0.3) is 0 Å². The van der Waals surface area contributed by atoms with Crippen molar-refractivity contribution >= 4 is 35.4 Å². The Morgan fingerprint density at radius 2 is 2.06 bits per heavy atom. The van der Waals surface area contributed by atoms with Crippen LogP contribution in [0.3, 0.4) is 0 Å². The van der Waals surface area contributed by atoms with Crippen molar-refractivity contribution in [2.75, 3.05) is 6.54 Å². The Kier molecular flexibility index (Phi) is 6.47. The van der Waals surface area contributed by atoms with Crippen molar-refractivity contribution in [3.63, 3.8) is 0 Å². The summed E-state index contributed by atoms with van der Waals surface area (Å²) in [5.74, 6) is -0.0899. The summed E-state index contributed by atoms with van der Waals surface area (Å²) in [7, 11) is 0. The smallest absolute Gasteiger partial charge is 0.224 e. The molecule has 96 valence electrons. The largest absolute Gasteiger partial charge is 0.356 e. The van der Waals surface area contributed by atoms with E-state index in [1.807, 2.05) is 0 Å². The molecule has 0 aliphatic rings. The quantitative estimate of drug-likeness (QED) is 0.496. The highest BCUT2D eigenvalue weighted by Crippen LogP contribution is 2.22. The van der Waals surface area contributed by atoms with E-state index in [0.29, 0.717) is 29.3 Å². The number of hydrogen-bond donors (Lipinski definition) is 1. The van der Waals surface area contributed by atoms with Crippen LogP contribution in [0.15, 0.2) is 30.4 Å². The highest BCUT2D eigenvalue weighted by atomic mass is 35.5. The Bertz CT molecular complexity index is 458. The van der Waals surface area contributed by atoms with Gasteiger partial charge in [-0.2, -0.15) is 0 Å². The summed E-state index contributed by atoms with van der Waals surface area (Å²) in [6.07, 6.45) is 4.70. The van der Waals surface area contributed by atoms with Crippen LogP contribution < -0.4 is 5.32 Å². The first kappa shape index (κ1) is 14.7. The van der Waals surface area contributed by atoms with Gasteiger partial charge in [-0.3, -0.25) is 9.59 Å². The van der Waals surface area contributed by atoms with E-state index in [4.69, 9.17) is 23.2 Å². The summed E-state index contributed by atoms with van der Waals surface area (Å²) in [6, 6.07) is 5.11. The van der Waals surface area contributed by atoms with Gasteiger partial charge >= 0.3 is 0 Å². The molecule has 0 fully saturated rings. The third kappa shape index (κ3) is 5.34. The van der Waals surface area contributed by atoms with Crippen molar-refractivity contribution in [3.8, 4) is 0 Å². The zero-order valence-corrected chi connectivity index (χ0v) is 11.2. The van der Waals surface area contributed by atoms with Crippen molar-refractivity contribution in [1.82, 2.24) is 5.32 Å². The number of aldehydes is 1. The second-order valence-electron chi connectivity index (χ2n) is 3.63. The number of hydrogen-bond acceptors (Lipinski definition) is 2. The summed E-state index contributed by atoms with van der Waals surface area (Å²) >= 11 is 11.6. The number of amides is 1. The van der Waals surface area contributed by atoms with E-state index in [1.54, 1.807) is 24.3 Å². The van der Waals surface area contributed by atoms with Gasteiger partial charge in [0.15, 0.2) is 0 Å². The van der Waals surface area contributed by atoms with E-state index in [0.717, 1.165) is 5.56 Å². The van der Waals surface area contributed by atoms with Gasteiger partial charge in [-0.05, 0) is 30.2 Å². The highest BCUT2D eigenvalue weighted by Gasteiger charge is 2.04. The number of allylic oxidation sites excluding steroid dienone is 1. The maximum Gasteiger partial charge on any atom is 0.224 e. The molecule has 0 unspecified atom stereocenters. The summed E-state index contributed by atoms with van der Waals surface area (Å²) in [4.78, 5) is 21.6. The topological polar surface area (TPSA) is 46.2 Å². The molecule has 1 N–H and O–H groups in total. The maximum atomic E-state index is 11.6. The molecule has 18 heavy (non-hydrogen) atoms. The fraction of sp³-hybridized carbons (Fsp3) is 0.231. The molecule has 1 aromatic carbocycles. The maximum absolute atomic E-state index is 11.6. The molecule has 3 nitrogen and oxygen atoms in total. The summed E-state index contributed by atoms with van der Waals surface area (Å²) in [6.45, 7) is 0.504. The first-order chi connectivity index (χ1) is 8.63. The molecule has 0 aliphatic carbocycles. The molecule has 0 saturated carbocycles. The summed E-state index contributed by atoms with van der Waals surface area (Å²) < 4.78 is 0. The molecule has 0 saturated heterocycles. The monoisotopic (exact) mass is 285 g/mol. The fourth-order valence-electron chi connectivity index (χ4n) is 1.34. The van der Waals surface area contributed by atoms with Gasteiger partial charge in [-0.15, -0.1) is 0 Å². The van der Waals surface area contributed by atoms with Crippen LogP contribution in [0.1, 0.15) is 12.0 Å². The molecule has 0 radical (unpaired) electrons. The van der Waals surface area contributed by atoms with Gasteiger partial charge in [-0.25, -0.2) is 0 Å². The van der Waals surface area contributed by atoms with Crippen LogP contribution in [0.2, 0.25) is 10.0 Å². The molecule has 0 heterocycles. The van der Waals surface area contributed by atoms with Gasteiger partial charge in [-0.1, -0.05) is 35.3 Å². The SMILES string of the molecule is O=C/C=C/CCNC(=O)Cc1ccc(Cl)c(Cl)c1. The van der Waals surface area contributed by atoms with Crippen molar-refractivity contribution in [2.45, 2.75) is 12.8 Å². The van der Waals surface area contributed by atoms with Crippen LogP contribution >= 0.6 is 23.2 Å². The molecule has 5 heteroatoms. The molecule has 1 rings (SSSR count). The van der Waals surface area contributed by atoms with Crippen molar-refractivity contribution < 1.29 is 9.59 Å². The van der Waals surface area contributed by atoms with E-state index in [-0.39, 0.29) is 12.3 Å². The average molecular weight is 286 g/mol. The number of carbonyl (C=O) groups excluding carboxylic acids is 2. The Morgan fingerprint density at radius 1 is 1.28 bits per heavy atom.